The van der Waals surface area contributed by atoms with Crippen LogP contribution >= 0.6 is 0 Å². The fourth-order valence-corrected chi connectivity index (χ4v) is 6.06. The molecular weight excluding hydrogens is 547 g/mol. The molecule has 1 fully saturated rings. The van der Waals surface area contributed by atoms with Gasteiger partial charge in [-0.05, 0) is 73.8 Å². The van der Waals surface area contributed by atoms with E-state index in [2.05, 4.69) is 46.7 Å². The van der Waals surface area contributed by atoms with Crippen LogP contribution in [0.15, 0.2) is 53.5 Å². The van der Waals surface area contributed by atoms with Crippen LogP contribution in [0.1, 0.15) is 92.3 Å². The van der Waals surface area contributed by atoms with Crippen molar-refractivity contribution in [3.8, 4) is 0 Å². The van der Waals surface area contributed by atoms with Crippen molar-refractivity contribution in [1.82, 2.24) is 30.8 Å². The van der Waals surface area contributed by atoms with Crippen LogP contribution in [0, 0.1) is 11.3 Å². The molecule has 0 bridgehead atoms. The number of rotatable bonds is 6. The van der Waals surface area contributed by atoms with E-state index in [-0.39, 0.29) is 29.1 Å². The molecule has 1 atom stereocenters. The minimum atomic E-state index is -4.53. The number of amides is 2. The molecule has 2 heterocycles. The van der Waals surface area contributed by atoms with Crippen LogP contribution in [0.4, 0.5) is 13.2 Å². The molecule has 0 unspecified atom stereocenters. The first-order valence-corrected chi connectivity index (χ1v) is 14.0. The van der Waals surface area contributed by atoms with Crippen molar-refractivity contribution >= 4 is 17.5 Å². The Bertz CT molecular complexity index is 1470. The summed E-state index contributed by atoms with van der Waals surface area (Å²) >= 11 is 0. The number of benzene rings is 2. The van der Waals surface area contributed by atoms with Crippen molar-refractivity contribution in [2.45, 2.75) is 77.8 Å². The maximum atomic E-state index is 14.0. The second kappa shape index (κ2) is 11.0. The van der Waals surface area contributed by atoms with Crippen LogP contribution in [-0.2, 0) is 17.5 Å². The molecule has 1 aliphatic carbocycles. The van der Waals surface area contributed by atoms with E-state index in [4.69, 9.17) is 4.99 Å². The Hall–Kier alpha value is -4.09. The fourth-order valence-electron chi connectivity index (χ4n) is 6.06. The van der Waals surface area contributed by atoms with Crippen LogP contribution in [0.25, 0.3) is 0 Å². The van der Waals surface area contributed by atoms with Crippen molar-refractivity contribution in [1.29, 1.82) is 0 Å². The lowest BCUT2D eigenvalue weighted by atomic mass is 9.69. The largest absolute Gasteiger partial charge is 0.416 e. The number of nitrogens with one attached hydrogen (secondary N) is 2. The Morgan fingerprint density at radius 3 is 2.40 bits per heavy atom. The van der Waals surface area contributed by atoms with Gasteiger partial charge in [0.15, 0.2) is 5.82 Å². The molecule has 5 rings (SSSR count). The normalized spacial score (nSPS) is 21.9. The number of aromatic nitrogens is 4. The van der Waals surface area contributed by atoms with Crippen molar-refractivity contribution in [3.05, 3.63) is 76.6 Å². The van der Waals surface area contributed by atoms with E-state index in [9.17, 15) is 22.8 Å². The predicted octanol–water partition coefficient (Wildman–Crippen LogP) is 5.47. The Morgan fingerprint density at radius 1 is 1.12 bits per heavy atom. The third-order valence-corrected chi connectivity index (χ3v) is 8.50. The Labute approximate surface area is 242 Å². The van der Waals surface area contributed by atoms with Gasteiger partial charge in [-0.1, -0.05) is 50.3 Å². The lowest BCUT2D eigenvalue weighted by Gasteiger charge is -2.46. The van der Waals surface area contributed by atoms with Gasteiger partial charge in [0, 0.05) is 11.1 Å². The maximum absolute atomic E-state index is 14.0. The van der Waals surface area contributed by atoms with Crippen molar-refractivity contribution in [3.63, 3.8) is 0 Å². The first-order valence-electron chi connectivity index (χ1n) is 14.0. The summed E-state index contributed by atoms with van der Waals surface area (Å²) in [5.41, 5.74) is -0.160. The highest BCUT2D eigenvalue weighted by atomic mass is 19.4. The SMILES string of the molecule is C[C@H](c1ccc(C(=O)NCc2nn[nH]n2)cc1)N1C(=O)C(c2cccc(C(F)(F)F)c2)=NC12CCC(C(C)(C)C)CC2. The number of tetrazole rings is 1. The Kier molecular flexibility index (Phi) is 7.67. The van der Waals surface area contributed by atoms with Gasteiger partial charge in [0.2, 0.25) is 0 Å². The summed E-state index contributed by atoms with van der Waals surface area (Å²) < 4.78 is 40.5. The number of hydrogen-bond acceptors (Lipinski definition) is 6. The minimum Gasteiger partial charge on any atom is -0.345 e. The third kappa shape index (κ3) is 5.79. The number of aliphatic imine (C=N–C) groups is 1. The molecule has 2 aliphatic rings. The smallest absolute Gasteiger partial charge is 0.345 e. The van der Waals surface area contributed by atoms with E-state index in [1.807, 2.05) is 6.92 Å². The number of aromatic amines is 1. The number of halogens is 3. The van der Waals surface area contributed by atoms with Gasteiger partial charge in [0.1, 0.15) is 11.4 Å². The van der Waals surface area contributed by atoms with Gasteiger partial charge >= 0.3 is 6.18 Å². The zero-order valence-electron chi connectivity index (χ0n) is 24.0. The molecule has 2 aromatic carbocycles. The van der Waals surface area contributed by atoms with E-state index in [0.717, 1.165) is 30.5 Å². The highest BCUT2D eigenvalue weighted by Crippen LogP contribution is 2.49. The number of H-pyrrole nitrogens is 1. The first kappa shape index (κ1) is 29.4. The summed E-state index contributed by atoms with van der Waals surface area (Å²) in [6, 6.07) is 11.3. The number of nitrogens with zero attached hydrogens (tertiary/aromatic N) is 5. The highest BCUT2D eigenvalue weighted by molar-refractivity contribution is 6.46. The van der Waals surface area contributed by atoms with Gasteiger partial charge in [-0.2, -0.15) is 18.4 Å². The molecule has 3 aromatic rings. The van der Waals surface area contributed by atoms with Crippen LogP contribution < -0.4 is 5.32 Å². The molecule has 0 radical (unpaired) electrons. The van der Waals surface area contributed by atoms with Crippen LogP contribution in [-0.4, -0.2) is 48.7 Å². The molecule has 42 heavy (non-hydrogen) atoms. The lowest BCUT2D eigenvalue weighted by Crippen LogP contribution is -2.50. The topological polar surface area (TPSA) is 116 Å². The van der Waals surface area contributed by atoms with Gasteiger partial charge in [0.25, 0.3) is 11.8 Å². The average molecular weight is 582 g/mol. The monoisotopic (exact) mass is 581 g/mol. The van der Waals surface area contributed by atoms with E-state index in [0.29, 0.717) is 30.1 Å². The van der Waals surface area contributed by atoms with Crippen molar-refractivity contribution < 1.29 is 22.8 Å². The quantitative estimate of drug-likeness (QED) is 0.400. The molecule has 1 aliphatic heterocycles. The summed E-state index contributed by atoms with van der Waals surface area (Å²) in [5, 5.41) is 16.1. The predicted molar refractivity (Wildman–Crippen MR) is 149 cm³/mol. The Balaban J connectivity index is 1.43. The average Bonchev–Trinajstić information content (AvgIpc) is 3.57. The second-order valence-corrected chi connectivity index (χ2v) is 12.1. The number of hydrogen-bond donors (Lipinski definition) is 2. The zero-order chi connectivity index (χ0) is 30.3. The van der Waals surface area contributed by atoms with E-state index < -0.39 is 29.4 Å². The summed E-state index contributed by atoms with van der Waals surface area (Å²) in [6.45, 7) is 8.61. The molecule has 222 valence electrons. The van der Waals surface area contributed by atoms with E-state index >= 15 is 0 Å². The van der Waals surface area contributed by atoms with Gasteiger partial charge in [0.05, 0.1) is 18.2 Å². The van der Waals surface area contributed by atoms with E-state index in [1.54, 1.807) is 29.2 Å². The Morgan fingerprint density at radius 2 is 1.81 bits per heavy atom. The summed E-state index contributed by atoms with van der Waals surface area (Å²) in [7, 11) is 0. The van der Waals surface area contributed by atoms with E-state index in [1.165, 1.54) is 12.1 Å². The molecule has 2 N–H and O–H groups in total. The van der Waals surface area contributed by atoms with Crippen molar-refractivity contribution in [2.24, 2.45) is 16.3 Å². The number of carbonyl (C=O) groups excluding carboxylic acids is 2. The first-order chi connectivity index (χ1) is 19.8. The van der Waals surface area contributed by atoms with Crippen LogP contribution in [0.5, 0.6) is 0 Å². The lowest BCUT2D eigenvalue weighted by molar-refractivity contribution is -0.137. The molecule has 0 saturated heterocycles. The van der Waals surface area contributed by atoms with Crippen LogP contribution in [0.3, 0.4) is 0 Å². The van der Waals surface area contributed by atoms with Gasteiger partial charge in [-0.25, -0.2) is 0 Å². The molecule has 1 saturated carbocycles. The van der Waals surface area contributed by atoms with Gasteiger partial charge in [-0.3, -0.25) is 14.6 Å². The summed E-state index contributed by atoms with van der Waals surface area (Å²) in [6.07, 6.45) is -1.61. The molecular formula is C30H34F3N7O2. The molecule has 12 heteroatoms. The van der Waals surface area contributed by atoms with Gasteiger partial charge in [-0.15, -0.1) is 10.2 Å². The molecule has 9 nitrogen and oxygen atoms in total. The fraction of sp³-hybridized carbons (Fsp3) is 0.467. The standard InChI is InChI=1S/C30H34F3N7O2/c1-18(19-8-10-20(11-9-19)26(41)34-17-24-36-38-39-37-24)40-27(42)25(21-6-5-7-23(16-21)30(31,32)33)35-29(40)14-12-22(13-15-29)28(2,3)4/h5-11,16,18,22H,12-15,17H2,1-4H3,(H,34,41)(H,36,37,38,39)/t18-,22?,29?/m1/s1. The third-order valence-electron chi connectivity index (χ3n) is 8.50. The summed E-state index contributed by atoms with van der Waals surface area (Å²) in [5.74, 6) is 0.0824. The molecule has 2 amide bonds. The molecule has 1 spiro atoms. The maximum Gasteiger partial charge on any atom is 0.416 e. The van der Waals surface area contributed by atoms with Crippen LogP contribution in [0.2, 0.25) is 0 Å². The van der Waals surface area contributed by atoms with Crippen molar-refractivity contribution in [2.75, 3.05) is 0 Å². The molecule has 1 aromatic heterocycles. The second-order valence-electron chi connectivity index (χ2n) is 12.1. The number of carbonyl (C=O) groups is 2. The van der Waals surface area contributed by atoms with Gasteiger partial charge < -0.3 is 10.2 Å². The minimum absolute atomic E-state index is 0.0552. The highest BCUT2D eigenvalue weighted by Gasteiger charge is 2.52. The number of alkyl halides is 3. The summed E-state index contributed by atoms with van der Waals surface area (Å²) in [4.78, 5) is 33.3. The zero-order valence-corrected chi connectivity index (χ0v) is 24.0.